The molecule has 4 rings (SSSR count). The average molecular weight is 447 g/mol. The lowest BCUT2D eigenvalue weighted by Gasteiger charge is -2.29. The molecule has 0 bridgehead atoms. The molecule has 33 heavy (non-hydrogen) atoms. The van der Waals surface area contributed by atoms with Crippen LogP contribution < -0.4 is 10.1 Å². The molecule has 7 nitrogen and oxygen atoms in total. The second-order valence-corrected chi connectivity index (χ2v) is 8.11. The predicted molar refractivity (Wildman–Crippen MR) is 123 cm³/mol. The highest BCUT2D eigenvalue weighted by molar-refractivity contribution is 6.12. The summed E-state index contributed by atoms with van der Waals surface area (Å²) < 4.78 is 5.88. The lowest BCUT2D eigenvalue weighted by molar-refractivity contribution is -0.137. The van der Waals surface area contributed by atoms with Crippen molar-refractivity contribution in [1.29, 1.82) is 0 Å². The van der Waals surface area contributed by atoms with Gasteiger partial charge in [0.1, 0.15) is 22.7 Å². The molecule has 0 spiro atoms. The van der Waals surface area contributed by atoms with Gasteiger partial charge in [-0.2, -0.15) is 0 Å². The highest BCUT2D eigenvalue weighted by atomic mass is 16.5. The molecule has 3 aromatic carbocycles. The van der Waals surface area contributed by atoms with E-state index in [1.165, 1.54) is 0 Å². The Morgan fingerprint density at radius 2 is 1.48 bits per heavy atom. The number of fused-ring (bicyclic) bond motifs is 1. The summed E-state index contributed by atoms with van der Waals surface area (Å²) in [5, 5.41) is 31.4. The number of hydrogen-bond acceptors (Lipinski definition) is 5. The summed E-state index contributed by atoms with van der Waals surface area (Å²) >= 11 is 0. The van der Waals surface area contributed by atoms with E-state index < -0.39 is 11.4 Å². The van der Waals surface area contributed by atoms with Gasteiger partial charge in [-0.25, -0.2) is 0 Å². The lowest BCUT2D eigenvalue weighted by Crippen LogP contribution is -2.36. The molecule has 0 aromatic heterocycles. The number of ether oxygens (including phenoxy) is 1. The number of phenols is 2. The molecule has 1 aliphatic heterocycles. The Kier molecular flexibility index (Phi) is 5.96. The number of carboxylic acids is 1. The first-order valence-electron chi connectivity index (χ1n) is 10.7. The molecule has 0 fully saturated rings. The first kappa shape index (κ1) is 22.2. The lowest BCUT2D eigenvalue weighted by atomic mass is 9.70. The van der Waals surface area contributed by atoms with Crippen LogP contribution in [0.5, 0.6) is 17.2 Å². The second-order valence-electron chi connectivity index (χ2n) is 8.11. The second kappa shape index (κ2) is 8.86. The Hall–Kier alpha value is -4.00. The summed E-state index contributed by atoms with van der Waals surface area (Å²) in [5.74, 6) is -0.250. The van der Waals surface area contributed by atoms with Crippen molar-refractivity contribution in [1.82, 2.24) is 0 Å². The minimum atomic E-state index is -1.17. The van der Waals surface area contributed by atoms with Crippen LogP contribution in [-0.2, 0) is 15.0 Å². The number of carboxylic acid groups (broad SMARTS) is 1. The first-order chi connectivity index (χ1) is 15.8. The van der Waals surface area contributed by atoms with Gasteiger partial charge in [-0.3, -0.25) is 9.59 Å². The maximum absolute atomic E-state index is 13.6. The van der Waals surface area contributed by atoms with Crippen LogP contribution >= 0.6 is 0 Å². The third kappa shape index (κ3) is 3.98. The number of amides is 1. The molecule has 0 saturated heterocycles. The summed E-state index contributed by atoms with van der Waals surface area (Å²) in [7, 11) is 0. The van der Waals surface area contributed by atoms with Gasteiger partial charge in [0.2, 0.25) is 5.91 Å². The van der Waals surface area contributed by atoms with Crippen LogP contribution in [0.4, 0.5) is 5.69 Å². The molecule has 3 aromatic rings. The van der Waals surface area contributed by atoms with Crippen LogP contribution in [0.25, 0.3) is 0 Å². The van der Waals surface area contributed by atoms with Crippen molar-refractivity contribution in [3.8, 4) is 17.2 Å². The number of aliphatic carboxylic acids is 1. The topological polar surface area (TPSA) is 116 Å². The van der Waals surface area contributed by atoms with Gasteiger partial charge in [-0.05, 0) is 61.2 Å². The molecule has 7 heteroatoms. The van der Waals surface area contributed by atoms with E-state index in [0.29, 0.717) is 42.0 Å². The number of aromatic hydroxyl groups is 2. The fourth-order valence-electron chi connectivity index (χ4n) is 4.38. The van der Waals surface area contributed by atoms with Crippen LogP contribution in [0.2, 0.25) is 0 Å². The fraction of sp³-hybridized carbons (Fsp3) is 0.231. The minimum absolute atomic E-state index is 0.0982. The molecule has 0 aliphatic carbocycles. The maximum atomic E-state index is 13.6. The van der Waals surface area contributed by atoms with Gasteiger partial charge in [-0.15, -0.1) is 0 Å². The van der Waals surface area contributed by atoms with E-state index in [1.54, 1.807) is 48.5 Å². The number of rotatable bonds is 8. The van der Waals surface area contributed by atoms with E-state index in [2.05, 4.69) is 5.32 Å². The highest BCUT2D eigenvalue weighted by Crippen LogP contribution is 2.50. The van der Waals surface area contributed by atoms with Crippen LogP contribution in [-0.4, -0.2) is 33.8 Å². The number of benzene rings is 3. The Morgan fingerprint density at radius 1 is 0.909 bits per heavy atom. The largest absolute Gasteiger partial charge is 0.508 e. The summed E-state index contributed by atoms with van der Waals surface area (Å²) in [6, 6.07) is 16.7. The van der Waals surface area contributed by atoms with Crippen molar-refractivity contribution in [3.63, 3.8) is 0 Å². The van der Waals surface area contributed by atoms with E-state index in [9.17, 15) is 19.8 Å². The van der Waals surface area contributed by atoms with Gasteiger partial charge in [-0.1, -0.05) is 30.3 Å². The number of hydrogen-bond donors (Lipinski definition) is 4. The standard InChI is InChI=1S/C26H25NO6/c1-16-22(33-15-3-2-4-23(30)31)14-13-21-24(16)27-25(32)26(21,17-5-9-19(28)10-6-17)18-7-11-20(29)12-8-18/h5-14,28-29H,2-4,15H2,1H3,(H,27,32)(H,30,31). The van der Waals surface area contributed by atoms with Crippen molar-refractivity contribution in [3.05, 3.63) is 82.9 Å². The number of carbonyl (C=O) groups is 2. The van der Waals surface area contributed by atoms with Gasteiger partial charge in [0, 0.05) is 17.5 Å². The molecule has 1 aliphatic rings. The zero-order valence-corrected chi connectivity index (χ0v) is 18.2. The van der Waals surface area contributed by atoms with Gasteiger partial charge in [0.05, 0.1) is 12.3 Å². The van der Waals surface area contributed by atoms with Crippen LogP contribution in [0.3, 0.4) is 0 Å². The Bertz CT molecular complexity index is 1140. The molecule has 0 atom stereocenters. The van der Waals surface area contributed by atoms with E-state index in [0.717, 1.165) is 11.1 Å². The number of phenolic OH excluding ortho intramolecular Hbond substituents is 2. The third-order valence-corrected chi connectivity index (χ3v) is 6.04. The van der Waals surface area contributed by atoms with E-state index in [4.69, 9.17) is 9.84 Å². The van der Waals surface area contributed by atoms with E-state index >= 15 is 0 Å². The molecule has 1 heterocycles. The van der Waals surface area contributed by atoms with Gasteiger partial charge in [0.15, 0.2) is 0 Å². The number of anilines is 1. The number of carbonyl (C=O) groups excluding carboxylic acids is 1. The molecule has 0 unspecified atom stereocenters. The summed E-state index contributed by atoms with van der Waals surface area (Å²) in [4.78, 5) is 24.3. The van der Waals surface area contributed by atoms with E-state index in [1.807, 2.05) is 19.1 Å². The summed E-state index contributed by atoms with van der Waals surface area (Å²) in [6.07, 6.45) is 1.24. The third-order valence-electron chi connectivity index (χ3n) is 6.04. The molecular weight excluding hydrogens is 422 g/mol. The Balaban J connectivity index is 1.75. The van der Waals surface area contributed by atoms with Crippen LogP contribution in [0.1, 0.15) is 41.5 Å². The number of unbranched alkanes of at least 4 members (excludes halogenated alkanes) is 1. The smallest absolute Gasteiger partial charge is 0.303 e. The summed E-state index contributed by atoms with van der Waals surface area (Å²) in [5.41, 5.74) is 2.39. The van der Waals surface area contributed by atoms with Gasteiger partial charge < -0.3 is 25.4 Å². The minimum Gasteiger partial charge on any atom is -0.508 e. The van der Waals surface area contributed by atoms with E-state index in [-0.39, 0.29) is 23.8 Å². The van der Waals surface area contributed by atoms with Crippen molar-refractivity contribution in [2.24, 2.45) is 0 Å². The van der Waals surface area contributed by atoms with Crippen molar-refractivity contribution in [2.75, 3.05) is 11.9 Å². The zero-order chi connectivity index (χ0) is 23.6. The SMILES string of the molecule is Cc1c(OCCCCC(=O)O)ccc2c1NC(=O)C2(c1ccc(O)cc1)c1ccc(O)cc1. The maximum Gasteiger partial charge on any atom is 0.303 e. The molecule has 4 N–H and O–H groups in total. The van der Waals surface area contributed by atoms with Crippen molar-refractivity contribution >= 4 is 17.6 Å². The predicted octanol–water partition coefficient (Wildman–Crippen LogP) is 4.33. The van der Waals surface area contributed by atoms with Crippen LogP contribution in [0, 0.1) is 6.92 Å². The van der Waals surface area contributed by atoms with Crippen molar-refractivity contribution in [2.45, 2.75) is 31.6 Å². The average Bonchev–Trinajstić information content (AvgIpc) is 3.09. The fourth-order valence-corrected chi connectivity index (χ4v) is 4.38. The number of nitrogens with one attached hydrogen (secondary N) is 1. The van der Waals surface area contributed by atoms with Gasteiger partial charge in [0.25, 0.3) is 0 Å². The Morgan fingerprint density at radius 3 is 2.03 bits per heavy atom. The van der Waals surface area contributed by atoms with Crippen molar-refractivity contribution < 1.29 is 29.6 Å². The summed E-state index contributed by atoms with van der Waals surface area (Å²) in [6.45, 7) is 2.25. The zero-order valence-electron chi connectivity index (χ0n) is 18.2. The first-order valence-corrected chi connectivity index (χ1v) is 10.7. The molecule has 170 valence electrons. The molecular formula is C26H25NO6. The van der Waals surface area contributed by atoms with Gasteiger partial charge >= 0.3 is 5.97 Å². The molecule has 0 radical (unpaired) electrons. The highest BCUT2D eigenvalue weighted by Gasteiger charge is 2.50. The monoisotopic (exact) mass is 447 g/mol. The van der Waals surface area contributed by atoms with Crippen LogP contribution in [0.15, 0.2) is 60.7 Å². The molecule has 1 amide bonds. The normalized spacial score (nSPS) is 13.9. The molecule has 0 saturated carbocycles. The quantitative estimate of drug-likeness (QED) is 0.382. The Labute approximate surface area is 191 Å².